The van der Waals surface area contributed by atoms with E-state index < -0.39 is 6.36 Å². The van der Waals surface area contributed by atoms with Crippen LogP contribution in [-0.4, -0.2) is 22.6 Å². The highest BCUT2D eigenvalue weighted by molar-refractivity contribution is 5.48. The zero-order valence-corrected chi connectivity index (χ0v) is 7.80. The molecule has 7 heteroatoms. The van der Waals surface area contributed by atoms with Gasteiger partial charge in [-0.05, 0) is 6.92 Å². The summed E-state index contributed by atoms with van der Waals surface area (Å²) in [4.78, 5) is 4.01. The lowest BCUT2D eigenvalue weighted by Gasteiger charge is -2.18. The van der Waals surface area contributed by atoms with Crippen molar-refractivity contribution in [3.05, 3.63) is 23.5 Å². The first kappa shape index (κ1) is 9.88. The molecule has 0 saturated carbocycles. The Morgan fingerprint density at radius 2 is 2.27 bits per heavy atom. The van der Waals surface area contributed by atoms with Crippen LogP contribution >= 0.6 is 0 Å². The van der Waals surface area contributed by atoms with Gasteiger partial charge in [-0.1, -0.05) is 0 Å². The molecule has 1 aromatic rings. The van der Waals surface area contributed by atoms with Gasteiger partial charge in [-0.3, -0.25) is 0 Å². The SMILES string of the molecule is Cc1cn2c(n1)C=C(OC(F)(F)F)CN2. The lowest BCUT2D eigenvalue weighted by molar-refractivity contribution is -0.304. The minimum absolute atomic E-state index is 0.0116. The van der Waals surface area contributed by atoms with Crippen LogP contribution in [0.3, 0.4) is 0 Å². The van der Waals surface area contributed by atoms with Gasteiger partial charge in [0.05, 0.1) is 12.2 Å². The topological polar surface area (TPSA) is 39.1 Å². The molecular formula is C8H8F3N3O. The van der Waals surface area contributed by atoms with Gasteiger partial charge in [0.15, 0.2) is 5.82 Å². The molecule has 1 aliphatic heterocycles. The highest BCUT2D eigenvalue weighted by Gasteiger charge is 2.32. The third kappa shape index (κ3) is 2.23. The number of aryl methyl sites for hydroxylation is 1. The van der Waals surface area contributed by atoms with Gasteiger partial charge in [0.1, 0.15) is 5.76 Å². The molecule has 0 radical (unpaired) electrons. The fourth-order valence-corrected chi connectivity index (χ4v) is 1.32. The van der Waals surface area contributed by atoms with E-state index in [-0.39, 0.29) is 12.3 Å². The molecule has 0 atom stereocenters. The maximum atomic E-state index is 11.9. The van der Waals surface area contributed by atoms with Crippen molar-refractivity contribution in [3.63, 3.8) is 0 Å². The smallest absolute Gasteiger partial charge is 0.408 e. The van der Waals surface area contributed by atoms with Crippen molar-refractivity contribution in [3.8, 4) is 0 Å². The molecule has 0 spiro atoms. The average molecular weight is 219 g/mol. The Bertz CT molecular complexity index is 408. The number of hydrogen-bond donors (Lipinski definition) is 1. The molecule has 1 N–H and O–H groups in total. The summed E-state index contributed by atoms with van der Waals surface area (Å²) in [6.07, 6.45) is -1.70. The second-order valence-electron chi connectivity index (χ2n) is 3.10. The first-order valence-electron chi connectivity index (χ1n) is 4.20. The molecule has 0 saturated heterocycles. The van der Waals surface area contributed by atoms with E-state index in [9.17, 15) is 13.2 Å². The fraction of sp³-hybridized carbons (Fsp3) is 0.375. The fourth-order valence-electron chi connectivity index (χ4n) is 1.32. The normalized spacial score (nSPS) is 15.3. The number of halogens is 3. The Hall–Kier alpha value is -1.66. The van der Waals surface area contributed by atoms with E-state index in [1.807, 2.05) is 0 Å². The van der Waals surface area contributed by atoms with E-state index in [2.05, 4.69) is 15.1 Å². The average Bonchev–Trinajstić information content (AvgIpc) is 2.40. The summed E-state index contributed by atoms with van der Waals surface area (Å²) in [7, 11) is 0. The molecule has 15 heavy (non-hydrogen) atoms. The largest absolute Gasteiger partial charge is 0.572 e. The molecule has 1 aromatic heterocycles. The Morgan fingerprint density at radius 3 is 2.93 bits per heavy atom. The second kappa shape index (κ2) is 3.18. The van der Waals surface area contributed by atoms with Gasteiger partial charge in [0.25, 0.3) is 0 Å². The summed E-state index contributed by atoms with van der Waals surface area (Å²) >= 11 is 0. The highest BCUT2D eigenvalue weighted by Crippen LogP contribution is 2.23. The zero-order chi connectivity index (χ0) is 11.1. The number of aromatic nitrogens is 2. The van der Waals surface area contributed by atoms with Crippen molar-refractivity contribution in [1.82, 2.24) is 9.66 Å². The molecular weight excluding hydrogens is 211 g/mol. The third-order valence-electron chi connectivity index (χ3n) is 1.81. The molecule has 1 aliphatic rings. The van der Waals surface area contributed by atoms with Gasteiger partial charge in [-0.2, -0.15) is 0 Å². The number of nitrogens with one attached hydrogen (secondary N) is 1. The molecule has 0 fully saturated rings. The Morgan fingerprint density at radius 1 is 1.53 bits per heavy atom. The van der Waals surface area contributed by atoms with E-state index in [0.29, 0.717) is 5.82 Å². The van der Waals surface area contributed by atoms with Crippen molar-refractivity contribution in [2.24, 2.45) is 0 Å². The zero-order valence-electron chi connectivity index (χ0n) is 7.80. The molecule has 0 amide bonds. The number of imidazole rings is 1. The molecule has 4 nitrogen and oxygen atoms in total. The molecule has 2 heterocycles. The number of ether oxygens (including phenoxy) is 1. The van der Waals surface area contributed by atoms with Crippen LogP contribution in [0.5, 0.6) is 0 Å². The van der Waals surface area contributed by atoms with Crippen molar-refractivity contribution in [2.75, 3.05) is 12.0 Å². The third-order valence-corrected chi connectivity index (χ3v) is 1.81. The summed E-state index contributed by atoms with van der Waals surface area (Å²) in [6, 6.07) is 0. The Labute approximate surface area is 83.3 Å². The summed E-state index contributed by atoms with van der Waals surface area (Å²) in [5, 5.41) is 0. The number of alkyl halides is 3. The van der Waals surface area contributed by atoms with Gasteiger partial charge < -0.3 is 10.2 Å². The second-order valence-corrected chi connectivity index (χ2v) is 3.10. The molecule has 0 unspecified atom stereocenters. The van der Waals surface area contributed by atoms with Crippen LogP contribution in [0.15, 0.2) is 12.0 Å². The van der Waals surface area contributed by atoms with Gasteiger partial charge >= 0.3 is 6.36 Å². The standard InChI is InChI=1S/C8H8F3N3O/c1-5-4-14-7(13-5)2-6(3-12-14)15-8(9,10)11/h2,4,12H,3H2,1H3. The van der Waals surface area contributed by atoms with Crippen molar-refractivity contribution in [2.45, 2.75) is 13.3 Å². The number of hydrogen-bond acceptors (Lipinski definition) is 3. The summed E-state index contributed by atoms with van der Waals surface area (Å²) < 4.78 is 41.1. The predicted molar refractivity (Wildman–Crippen MR) is 46.3 cm³/mol. The van der Waals surface area contributed by atoms with E-state index in [0.717, 1.165) is 5.69 Å². The van der Waals surface area contributed by atoms with E-state index in [1.165, 1.54) is 6.08 Å². The van der Waals surface area contributed by atoms with Crippen LogP contribution in [0.2, 0.25) is 0 Å². The maximum Gasteiger partial charge on any atom is 0.572 e. The lowest BCUT2D eigenvalue weighted by Crippen LogP contribution is -2.26. The number of fused-ring (bicyclic) bond motifs is 1. The van der Waals surface area contributed by atoms with Crippen molar-refractivity contribution in [1.29, 1.82) is 0 Å². The van der Waals surface area contributed by atoms with Gasteiger partial charge in [0.2, 0.25) is 0 Å². The van der Waals surface area contributed by atoms with Crippen LogP contribution in [0.1, 0.15) is 11.5 Å². The van der Waals surface area contributed by atoms with E-state index >= 15 is 0 Å². The van der Waals surface area contributed by atoms with Gasteiger partial charge in [-0.15, -0.1) is 13.2 Å². The monoisotopic (exact) mass is 219 g/mol. The van der Waals surface area contributed by atoms with Crippen molar-refractivity contribution >= 4 is 6.08 Å². The Balaban J connectivity index is 2.21. The van der Waals surface area contributed by atoms with Gasteiger partial charge in [0, 0.05) is 12.3 Å². The highest BCUT2D eigenvalue weighted by atomic mass is 19.4. The first-order valence-corrected chi connectivity index (χ1v) is 4.20. The lowest BCUT2D eigenvalue weighted by atomic mass is 10.4. The maximum absolute atomic E-state index is 11.9. The quantitative estimate of drug-likeness (QED) is 0.780. The summed E-state index contributed by atoms with van der Waals surface area (Å²) in [6.45, 7) is 1.74. The number of rotatable bonds is 1. The molecule has 0 aliphatic carbocycles. The van der Waals surface area contributed by atoms with Gasteiger partial charge in [-0.25, -0.2) is 9.66 Å². The van der Waals surface area contributed by atoms with E-state index in [4.69, 9.17) is 0 Å². The van der Waals surface area contributed by atoms with Crippen LogP contribution in [0.4, 0.5) is 13.2 Å². The summed E-state index contributed by atoms with van der Waals surface area (Å²) in [5.41, 5.74) is 3.44. The number of nitrogens with zero attached hydrogens (tertiary/aromatic N) is 2. The first-order chi connectivity index (χ1) is 6.94. The molecule has 0 aromatic carbocycles. The van der Waals surface area contributed by atoms with Crippen LogP contribution in [0.25, 0.3) is 6.08 Å². The molecule has 82 valence electrons. The Kier molecular flexibility index (Phi) is 2.09. The van der Waals surface area contributed by atoms with Crippen LogP contribution < -0.4 is 5.43 Å². The molecule has 0 bridgehead atoms. The van der Waals surface area contributed by atoms with Crippen LogP contribution in [-0.2, 0) is 4.74 Å². The predicted octanol–water partition coefficient (Wildman–Crippen LogP) is 1.63. The molecule has 2 rings (SSSR count). The minimum atomic E-state index is -4.66. The van der Waals surface area contributed by atoms with E-state index in [1.54, 1.807) is 17.8 Å². The van der Waals surface area contributed by atoms with Crippen LogP contribution in [0, 0.1) is 6.92 Å². The minimum Gasteiger partial charge on any atom is -0.408 e. The summed E-state index contributed by atoms with van der Waals surface area (Å²) in [5.74, 6) is 0.207. The van der Waals surface area contributed by atoms with Crippen molar-refractivity contribution < 1.29 is 17.9 Å².